The van der Waals surface area contributed by atoms with Crippen molar-refractivity contribution < 1.29 is 37.1 Å². The molecule has 0 spiro atoms. The number of halogens is 4. The average molecular weight is 588 g/mol. The highest BCUT2D eigenvalue weighted by atomic mass is 35.5. The van der Waals surface area contributed by atoms with Gasteiger partial charge in [0.25, 0.3) is 5.91 Å². The smallest absolute Gasteiger partial charge is 0.406 e. The highest BCUT2D eigenvalue weighted by molar-refractivity contribution is 6.31. The molecule has 3 aliphatic rings. The number of amides is 5. The van der Waals surface area contributed by atoms with Gasteiger partial charge in [-0.3, -0.25) is 24.6 Å². The van der Waals surface area contributed by atoms with Crippen LogP contribution in [0.3, 0.4) is 0 Å². The molecule has 0 bridgehead atoms. The van der Waals surface area contributed by atoms with Crippen LogP contribution in [-0.2, 0) is 9.59 Å². The van der Waals surface area contributed by atoms with Gasteiger partial charge in [0.2, 0.25) is 11.8 Å². The molecule has 3 aromatic rings. The number of urea groups is 1. The number of piperidine rings is 1. The first-order valence-electron chi connectivity index (χ1n) is 12.6. The number of anilines is 3. The van der Waals surface area contributed by atoms with Crippen LogP contribution in [-0.4, -0.2) is 55.3 Å². The number of carbonyl (C=O) groups excluding carboxylic acids is 4. The zero-order valence-corrected chi connectivity index (χ0v) is 21.8. The van der Waals surface area contributed by atoms with Gasteiger partial charge in [-0.2, -0.15) is 0 Å². The van der Waals surface area contributed by atoms with Crippen molar-refractivity contribution >= 4 is 63.2 Å². The minimum absolute atomic E-state index is 0.0258. The van der Waals surface area contributed by atoms with Crippen molar-refractivity contribution in [2.75, 3.05) is 28.2 Å². The maximum atomic E-state index is 13.5. The number of rotatable bonds is 5. The van der Waals surface area contributed by atoms with Crippen molar-refractivity contribution in [1.29, 1.82) is 0 Å². The van der Waals surface area contributed by atoms with E-state index >= 15 is 0 Å². The highest BCUT2D eigenvalue weighted by Crippen LogP contribution is 2.42. The SMILES string of the molecule is O=C1CCC(N2C(=O)c3cc(N4CC(NC(=O)Nc5cc(Cl)cc(OC(F)(F)F)c5)C4)cc4cccc2c34)C(=O)N1. The van der Waals surface area contributed by atoms with E-state index in [1.807, 2.05) is 17.0 Å². The molecule has 2 fully saturated rings. The van der Waals surface area contributed by atoms with Gasteiger partial charge in [0.05, 0.1) is 17.3 Å². The standard InChI is InChI=1S/C27H21ClF3N5O5/c28-14-7-15(9-18(8-14)41-27(29,30)31)32-26(40)33-16-11-35(12-16)17-6-13-2-1-3-20-23(13)19(10-17)25(39)36(20)21-4-5-22(37)34-24(21)38/h1-3,6-10,16,21H,4-5,11-12H2,(H2,32,33,40)(H,34,37,38). The van der Waals surface area contributed by atoms with Gasteiger partial charge in [-0.05, 0) is 42.1 Å². The topological polar surface area (TPSA) is 120 Å². The second-order valence-corrected chi connectivity index (χ2v) is 10.4. The Hall–Kier alpha value is -4.52. The van der Waals surface area contributed by atoms with E-state index in [9.17, 15) is 32.3 Å². The summed E-state index contributed by atoms with van der Waals surface area (Å²) in [7, 11) is 0. The molecule has 6 rings (SSSR count). The predicted octanol–water partition coefficient (Wildman–Crippen LogP) is 4.17. The lowest BCUT2D eigenvalue weighted by molar-refractivity contribution is -0.274. The van der Waals surface area contributed by atoms with E-state index in [2.05, 4.69) is 20.7 Å². The number of imide groups is 1. The number of benzene rings is 3. The molecule has 5 amide bonds. The first kappa shape index (κ1) is 26.7. The second kappa shape index (κ2) is 9.84. The number of nitrogens with zero attached hydrogens (tertiary/aromatic N) is 2. The van der Waals surface area contributed by atoms with Gasteiger partial charge in [-0.25, -0.2) is 4.79 Å². The molecule has 0 radical (unpaired) electrons. The van der Waals surface area contributed by atoms with Crippen molar-refractivity contribution in [2.24, 2.45) is 0 Å². The predicted molar refractivity (Wildman–Crippen MR) is 143 cm³/mol. The lowest BCUT2D eigenvalue weighted by atomic mass is 10.0. The molecule has 41 heavy (non-hydrogen) atoms. The van der Waals surface area contributed by atoms with Crippen LogP contribution < -0.4 is 30.5 Å². The summed E-state index contributed by atoms with van der Waals surface area (Å²) in [4.78, 5) is 53.5. The number of nitrogens with one attached hydrogen (secondary N) is 3. The molecule has 0 aromatic heterocycles. The third-order valence-electron chi connectivity index (χ3n) is 7.11. The lowest BCUT2D eigenvalue weighted by Gasteiger charge is -2.41. The minimum atomic E-state index is -4.91. The average Bonchev–Trinajstić information content (AvgIpc) is 3.12. The van der Waals surface area contributed by atoms with Crippen molar-refractivity contribution in [2.45, 2.75) is 31.3 Å². The van der Waals surface area contributed by atoms with E-state index in [0.717, 1.165) is 28.6 Å². The van der Waals surface area contributed by atoms with Gasteiger partial charge in [-0.1, -0.05) is 23.7 Å². The van der Waals surface area contributed by atoms with E-state index in [0.29, 0.717) is 24.3 Å². The van der Waals surface area contributed by atoms with Crippen molar-refractivity contribution in [3.63, 3.8) is 0 Å². The number of alkyl halides is 3. The Morgan fingerprint density at radius 2 is 1.85 bits per heavy atom. The van der Waals surface area contributed by atoms with Crippen molar-refractivity contribution in [3.8, 4) is 5.75 Å². The first-order chi connectivity index (χ1) is 19.4. The lowest BCUT2D eigenvalue weighted by Crippen LogP contribution is -2.60. The molecule has 3 N–H and O–H groups in total. The fourth-order valence-electron chi connectivity index (χ4n) is 5.38. The van der Waals surface area contributed by atoms with Gasteiger partial charge < -0.3 is 20.3 Å². The Balaban J connectivity index is 1.12. The van der Waals surface area contributed by atoms with Crippen LogP contribution in [0, 0.1) is 0 Å². The summed E-state index contributed by atoms with van der Waals surface area (Å²) in [6.45, 7) is 0.835. The van der Waals surface area contributed by atoms with Gasteiger partial charge in [-0.15, -0.1) is 13.2 Å². The summed E-state index contributed by atoms with van der Waals surface area (Å²) in [5.74, 6) is -1.75. The van der Waals surface area contributed by atoms with Gasteiger partial charge in [0.1, 0.15) is 11.8 Å². The summed E-state index contributed by atoms with van der Waals surface area (Å²) in [5, 5.41) is 9.01. The van der Waals surface area contributed by atoms with Gasteiger partial charge in [0, 0.05) is 47.4 Å². The Bertz CT molecular complexity index is 1620. The molecule has 14 heteroatoms. The molecule has 1 atom stereocenters. The Labute approximate surface area is 235 Å². The van der Waals surface area contributed by atoms with Gasteiger partial charge in [0.15, 0.2) is 0 Å². The molecule has 10 nitrogen and oxygen atoms in total. The molecule has 0 aliphatic carbocycles. The van der Waals surface area contributed by atoms with Crippen LogP contribution in [0.1, 0.15) is 23.2 Å². The van der Waals surface area contributed by atoms with Crippen LogP contribution in [0.4, 0.5) is 35.0 Å². The molecule has 3 aromatic carbocycles. The molecule has 3 aliphatic heterocycles. The molecule has 2 saturated heterocycles. The van der Waals surface area contributed by atoms with E-state index in [-0.39, 0.29) is 41.4 Å². The fraction of sp³-hybridized carbons (Fsp3) is 0.259. The molecule has 3 heterocycles. The number of carbonyl (C=O) groups is 4. The third-order valence-corrected chi connectivity index (χ3v) is 7.33. The molecule has 212 valence electrons. The molecular formula is C27H21ClF3N5O5. The van der Waals surface area contributed by atoms with Crippen molar-refractivity contribution in [3.05, 3.63) is 59.1 Å². The van der Waals surface area contributed by atoms with Gasteiger partial charge >= 0.3 is 12.4 Å². The number of hydrogen-bond donors (Lipinski definition) is 3. The first-order valence-corrected chi connectivity index (χ1v) is 13.0. The monoisotopic (exact) mass is 587 g/mol. The quantitative estimate of drug-likeness (QED) is 0.386. The van der Waals surface area contributed by atoms with Crippen LogP contribution in [0.15, 0.2) is 48.5 Å². The van der Waals surface area contributed by atoms with E-state index in [4.69, 9.17) is 11.6 Å². The largest absolute Gasteiger partial charge is 0.573 e. The molecule has 1 unspecified atom stereocenters. The van der Waals surface area contributed by atoms with Crippen LogP contribution in [0.2, 0.25) is 5.02 Å². The normalized spacial score (nSPS) is 18.8. The molecule has 0 saturated carbocycles. The summed E-state index contributed by atoms with van der Waals surface area (Å²) >= 11 is 5.85. The Morgan fingerprint density at radius 3 is 2.59 bits per heavy atom. The van der Waals surface area contributed by atoms with Crippen LogP contribution >= 0.6 is 11.6 Å². The highest BCUT2D eigenvalue weighted by Gasteiger charge is 2.41. The van der Waals surface area contributed by atoms with E-state index < -0.39 is 30.1 Å². The number of ether oxygens (including phenoxy) is 1. The third kappa shape index (κ3) is 5.20. The maximum absolute atomic E-state index is 13.5. The summed E-state index contributed by atoms with van der Waals surface area (Å²) in [6.07, 6.45) is -4.52. The van der Waals surface area contributed by atoms with Crippen molar-refractivity contribution in [1.82, 2.24) is 10.6 Å². The molecular weight excluding hydrogens is 567 g/mol. The fourth-order valence-corrected chi connectivity index (χ4v) is 5.61. The zero-order valence-electron chi connectivity index (χ0n) is 21.0. The van der Waals surface area contributed by atoms with E-state index in [1.165, 1.54) is 11.0 Å². The Morgan fingerprint density at radius 1 is 1.07 bits per heavy atom. The maximum Gasteiger partial charge on any atom is 0.573 e. The van der Waals surface area contributed by atoms with E-state index in [1.54, 1.807) is 18.2 Å². The van der Waals surface area contributed by atoms with Crippen LogP contribution in [0.5, 0.6) is 5.75 Å². The summed E-state index contributed by atoms with van der Waals surface area (Å²) in [5.41, 5.74) is 1.85. The zero-order chi connectivity index (χ0) is 29.1. The Kier molecular flexibility index (Phi) is 6.40. The van der Waals surface area contributed by atoms with Crippen LogP contribution in [0.25, 0.3) is 10.8 Å². The summed E-state index contributed by atoms with van der Waals surface area (Å²) in [6, 6.07) is 10.7. The minimum Gasteiger partial charge on any atom is -0.406 e. The summed E-state index contributed by atoms with van der Waals surface area (Å²) < 4.78 is 41.5. The number of hydrogen-bond acceptors (Lipinski definition) is 6. The second-order valence-electron chi connectivity index (χ2n) is 9.93.